The van der Waals surface area contributed by atoms with Gasteiger partial charge < -0.3 is 10.5 Å². The van der Waals surface area contributed by atoms with Crippen molar-refractivity contribution in [3.8, 4) is 0 Å². The molecule has 0 atom stereocenters. The molecule has 0 saturated carbocycles. The zero-order chi connectivity index (χ0) is 13.0. The van der Waals surface area contributed by atoms with Gasteiger partial charge in [0.2, 0.25) is 0 Å². The molecule has 0 radical (unpaired) electrons. The van der Waals surface area contributed by atoms with Gasteiger partial charge in [-0.3, -0.25) is 4.79 Å². The van der Waals surface area contributed by atoms with E-state index in [4.69, 9.17) is 10.5 Å². The minimum Gasteiger partial charge on any atom is -0.466 e. The summed E-state index contributed by atoms with van der Waals surface area (Å²) < 4.78 is 29.8. The van der Waals surface area contributed by atoms with Crippen LogP contribution in [0.25, 0.3) is 0 Å². The van der Waals surface area contributed by atoms with Crippen molar-refractivity contribution in [1.82, 2.24) is 4.98 Å². The van der Waals surface area contributed by atoms with E-state index in [0.717, 1.165) is 0 Å². The summed E-state index contributed by atoms with van der Waals surface area (Å²) in [7, 11) is 0. The maximum Gasteiger partial charge on any atom is 0.310 e. The molecule has 1 rings (SSSR count). The maximum absolute atomic E-state index is 12.5. The van der Waals surface area contributed by atoms with Crippen LogP contribution in [0.4, 0.5) is 14.6 Å². The Hall–Kier alpha value is -1.24. The molecular weight excluding hydrogens is 298 g/mol. The zero-order valence-corrected chi connectivity index (χ0v) is 10.6. The second-order valence-electron chi connectivity index (χ2n) is 3.18. The van der Waals surface area contributed by atoms with Crippen LogP contribution in [0.5, 0.6) is 0 Å². The summed E-state index contributed by atoms with van der Waals surface area (Å²) in [4.78, 5) is 14.8. The molecule has 0 fully saturated rings. The normalized spacial score (nSPS) is 10.6. The summed E-state index contributed by atoms with van der Waals surface area (Å²) in [5, 5.41) is 0. The van der Waals surface area contributed by atoms with Crippen molar-refractivity contribution in [3.05, 3.63) is 21.8 Å². The lowest BCUT2D eigenvalue weighted by atomic mass is 10.1. The quantitative estimate of drug-likeness (QED) is 0.868. The van der Waals surface area contributed by atoms with E-state index in [9.17, 15) is 13.6 Å². The third-order valence-corrected chi connectivity index (χ3v) is 2.60. The second kappa shape index (κ2) is 5.90. The number of aromatic nitrogens is 1. The van der Waals surface area contributed by atoms with Gasteiger partial charge in [0, 0.05) is 10.0 Å². The van der Waals surface area contributed by atoms with Gasteiger partial charge in [0.25, 0.3) is 6.43 Å². The molecule has 0 aliphatic carbocycles. The van der Waals surface area contributed by atoms with Crippen LogP contribution in [0.3, 0.4) is 0 Å². The van der Waals surface area contributed by atoms with Crippen LogP contribution in [0.15, 0.2) is 10.5 Å². The molecule has 0 aromatic carbocycles. The van der Waals surface area contributed by atoms with Crippen molar-refractivity contribution in [2.45, 2.75) is 19.8 Å². The average Bonchev–Trinajstić information content (AvgIpc) is 2.22. The van der Waals surface area contributed by atoms with Crippen molar-refractivity contribution in [3.63, 3.8) is 0 Å². The van der Waals surface area contributed by atoms with Crippen LogP contribution in [0, 0.1) is 0 Å². The molecule has 0 bridgehead atoms. The number of carbonyl (C=O) groups excluding carboxylic acids is 1. The Balaban J connectivity index is 2.95. The van der Waals surface area contributed by atoms with E-state index in [-0.39, 0.29) is 23.3 Å². The number of rotatable bonds is 4. The number of nitrogens with zero attached hydrogens (tertiary/aromatic N) is 1. The van der Waals surface area contributed by atoms with E-state index in [0.29, 0.717) is 5.56 Å². The van der Waals surface area contributed by atoms with Gasteiger partial charge in [-0.05, 0) is 28.9 Å². The number of hydrogen-bond acceptors (Lipinski definition) is 4. The molecule has 0 unspecified atom stereocenters. The van der Waals surface area contributed by atoms with E-state index in [1.165, 1.54) is 6.07 Å². The Labute approximate surface area is 105 Å². The number of carbonyl (C=O) groups is 1. The van der Waals surface area contributed by atoms with Crippen LogP contribution in [-0.2, 0) is 16.0 Å². The third-order valence-electron chi connectivity index (χ3n) is 1.96. The largest absolute Gasteiger partial charge is 0.466 e. The van der Waals surface area contributed by atoms with Gasteiger partial charge in [0.15, 0.2) is 0 Å². The first-order chi connectivity index (χ1) is 7.95. The molecule has 7 heteroatoms. The fraction of sp³-hybridized carbons (Fsp3) is 0.400. The average molecular weight is 309 g/mol. The predicted molar refractivity (Wildman–Crippen MR) is 61.6 cm³/mol. The number of esters is 1. The first-order valence-corrected chi connectivity index (χ1v) is 5.63. The summed E-state index contributed by atoms with van der Waals surface area (Å²) in [6.45, 7) is 1.93. The van der Waals surface area contributed by atoms with Crippen LogP contribution in [0.1, 0.15) is 24.6 Å². The van der Waals surface area contributed by atoms with E-state index in [1.54, 1.807) is 6.92 Å². The van der Waals surface area contributed by atoms with Crippen molar-refractivity contribution in [1.29, 1.82) is 0 Å². The number of pyridine rings is 1. The smallest absolute Gasteiger partial charge is 0.310 e. The monoisotopic (exact) mass is 308 g/mol. The molecule has 0 spiro atoms. The minimum absolute atomic E-state index is 0.0865. The standard InChI is InChI=1S/C10H11BrF2N2O2/c1-2-17-7(16)4-5-3-6(11)8(9(12)13)15-10(5)14/h3,9H,2,4H2,1H3,(H2,14,15). The SMILES string of the molecule is CCOC(=O)Cc1cc(Br)c(C(F)F)nc1N. The summed E-state index contributed by atoms with van der Waals surface area (Å²) in [6, 6.07) is 1.36. The zero-order valence-electron chi connectivity index (χ0n) is 9.04. The lowest BCUT2D eigenvalue weighted by Gasteiger charge is -2.09. The first-order valence-electron chi connectivity index (χ1n) is 4.84. The number of anilines is 1. The Morgan fingerprint density at radius 2 is 2.29 bits per heavy atom. The topological polar surface area (TPSA) is 65.2 Å². The molecule has 1 aromatic rings. The summed E-state index contributed by atoms with van der Waals surface area (Å²) in [5.74, 6) is -0.561. The molecule has 0 aliphatic rings. The van der Waals surface area contributed by atoms with Crippen LogP contribution < -0.4 is 5.73 Å². The number of halogens is 3. The van der Waals surface area contributed by atoms with Crippen molar-refractivity contribution < 1.29 is 18.3 Å². The van der Waals surface area contributed by atoms with E-state index >= 15 is 0 Å². The van der Waals surface area contributed by atoms with Gasteiger partial charge >= 0.3 is 5.97 Å². The molecule has 0 amide bonds. The number of nitrogen functional groups attached to an aromatic ring is 1. The molecule has 1 aromatic heterocycles. The van der Waals surface area contributed by atoms with Gasteiger partial charge in [-0.15, -0.1) is 0 Å². The van der Waals surface area contributed by atoms with Gasteiger partial charge in [-0.1, -0.05) is 0 Å². The summed E-state index contributed by atoms with van der Waals surface area (Å²) >= 11 is 2.96. The van der Waals surface area contributed by atoms with Crippen molar-refractivity contribution in [2.75, 3.05) is 12.3 Å². The van der Waals surface area contributed by atoms with Crippen LogP contribution >= 0.6 is 15.9 Å². The molecule has 4 nitrogen and oxygen atoms in total. The highest BCUT2D eigenvalue weighted by molar-refractivity contribution is 9.10. The van der Waals surface area contributed by atoms with Crippen molar-refractivity contribution in [2.24, 2.45) is 0 Å². The highest BCUT2D eigenvalue weighted by atomic mass is 79.9. The molecule has 94 valence electrons. The lowest BCUT2D eigenvalue weighted by molar-refractivity contribution is -0.142. The Morgan fingerprint density at radius 1 is 1.65 bits per heavy atom. The minimum atomic E-state index is -2.72. The Bertz CT molecular complexity index is 427. The lowest BCUT2D eigenvalue weighted by Crippen LogP contribution is -2.11. The van der Waals surface area contributed by atoms with Crippen LogP contribution in [-0.4, -0.2) is 17.6 Å². The van der Waals surface area contributed by atoms with E-state index < -0.39 is 18.1 Å². The maximum atomic E-state index is 12.5. The number of nitrogens with two attached hydrogens (primary N) is 1. The number of hydrogen-bond donors (Lipinski definition) is 1. The molecule has 17 heavy (non-hydrogen) atoms. The fourth-order valence-electron chi connectivity index (χ4n) is 1.22. The van der Waals surface area contributed by atoms with Crippen molar-refractivity contribution >= 4 is 27.7 Å². The van der Waals surface area contributed by atoms with Gasteiger partial charge in [0.05, 0.1) is 13.0 Å². The number of ether oxygens (including phenoxy) is 1. The van der Waals surface area contributed by atoms with E-state index in [2.05, 4.69) is 20.9 Å². The van der Waals surface area contributed by atoms with E-state index in [1.807, 2.05) is 0 Å². The summed E-state index contributed by atoms with van der Waals surface area (Å²) in [5.41, 5.74) is 5.43. The highest BCUT2D eigenvalue weighted by Gasteiger charge is 2.17. The molecular formula is C10H11BrF2N2O2. The van der Waals surface area contributed by atoms with Gasteiger partial charge in [-0.25, -0.2) is 13.8 Å². The predicted octanol–water partition coefficient (Wildman–Crippen LogP) is 2.47. The Morgan fingerprint density at radius 3 is 2.82 bits per heavy atom. The molecule has 0 aliphatic heterocycles. The van der Waals surface area contributed by atoms with Gasteiger partial charge in [0.1, 0.15) is 11.5 Å². The van der Waals surface area contributed by atoms with Gasteiger partial charge in [-0.2, -0.15) is 0 Å². The highest BCUT2D eigenvalue weighted by Crippen LogP contribution is 2.28. The molecule has 2 N–H and O–H groups in total. The molecule has 1 heterocycles. The number of alkyl halides is 2. The third kappa shape index (κ3) is 3.62. The fourth-order valence-corrected chi connectivity index (χ4v) is 1.76. The first kappa shape index (κ1) is 13.8. The van der Waals surface area contributed by atoms with Crippen LogP contribution in [0.2, 0.25) is 0 Å². The summed E-state index contributed by atoms with van der Waals surface area (Å²) in [6.07, 6.45) is -2.81. The molecule has 0 saturated heterocycles. The second-order valence-corrected chi connectivity index (χ2v) is 4.04. The Kier molecular flexibility index (Phi) is 4.80.